The maximum absolute atomic E-state index is 12.3. The van der Waals surface area contributed by atoms with Crippen LogP contribution in [-0.4, -0.2) is 36.7 Å². The van der Waals surface area contributed by atoms with Crippen LogP contribution in [-0.2, 0) is 11.3 Å². The molecule has 0 saturated heterocycles. The maximum Gasteiger partial charge on any atom is 0.258 e. The van der Waals surface area contributed by atoms with Crippen LogP contribution in [0.25, 0.3) is 0 Å². The Balaban J connectivity index is 1.97. The molecule has 1 heterocycles. The topological polar surface area (TPSA) is 103 Å². The van der Waals surface area contributed by atoms with Crippen LogP contribution in [0.5, 0.6) is 11.5 Å². The Morgan fingerprint density at radius 1 is 1.23 bits per heavy atom. The summed E-state index contributed by atoms with van der Waals surface area (Å²) in [6.45, 7) is 5.64. The van der Waals surface area contributed by atoms with E-state index in [1.165, 1.54) is 7.11 Å². The van der Waals surface area contributed by atoms with Crippen molar-refractivity contribution in [1.82, 2.24) is 15.8 Å². The molecule has 0 atom stereocenters. The highest BCUT2D eigenvalue weighted by Gasteiger charge is 2.13. The van der Waals surface area contributed by atoms with Gasteiger partial charge in [-0.25, -0.2) is 0 Å². The fourth-order valence-corrected chi connectivity index (χ4v) is 2.21. The lowest BCUT2D eigenvalue weighted by Crippen LogP contribution is -2.34. The van der Waals surface area contributed by atoms with Crippen molar-refractivity contribution in [1.29, 1.82) is 0 Å². The second-order valence-corrected chi connectivity index (χ2v) is 5.99. The number of hydrogen-bond acceptors (Lipinski definition) is 6. The highest BCUT2D eigenvalue weighted by Crippen LogP contribution is 2.28. The molecule has 0 aliphatic heterocycles. The van der Waals surface area contributed by atoms with E-state index in [1.54, 1.807) is 31.2 Å². The molecule has 0 aliphatic carbocycles. The second kappa shape index (κ2) is 8.89. The molecular weight excluding hydrogens is 338 g/mol. The van der Waals surface area contributed by atoms with Crippen molar-refractivity contribution in [2.24, 2.45) is 0 Å². The maximum atomic E-state index is 12.3. The van der Waals surface area contributed by atoms with Gasteiger partial charge in [-0.05, 0) is 39.0 Å². The van der Waals surface area contributed by atoms with E-state index in [4.69, 9.17) is 14.0 Å². The number of benzene rings is 1. The molecule has 0 unspecified atom stereocenters. The van der Waals surface area contributed by atoms with Gasteiger partial charge in [0.2, 0.25) is 0 Å². The summed E-state index contributed by atoms with van der Waals surface area (Å²) in [6.07, 6.45) is 0. The van der Waals surface area contributed by atoms with Crippen molar-refractivity contribution in [3.05, 3.63) is 41.3 Å². The molecule has 2 aromatic rings. The number of carbonyl (C=O) groups is 2. The number of hydrogen-bond donors (Lipinski definition) is 2. The quantitative estimate of drug-likeness (QED) is 0.743. The third-order valence-electron chi connectivity index (χ3n) is 3.34. The fourth-order valence-electron chi connectivity index (χ4n) is 2.21. The van der Waals surface area contributed by atoms with Gasteiger partial charge in [-0.15, -0.1) is 0 Å². The van der Waals surface area contributed by atoms with Gasteiger partial charge in [-0.2, -0.15) is 0 Å². The van der Waals surface area contributed by atoms with E-state index in [0.717, 1.165) is 0 Å². The minimum atomic E-state index is -0.284. The number of ether oxygens (including phenoxy) is 2. The predicted molar refractivity (Wildman–Crippen MR) is 94.2 cm³/mol. The molecule has 2 rings (SSSR count). The van der Waals surface area contributed by atoms with E-state index in [2.05, 4.69) is 15.8 Å². The first-order valence-corrected chi connectivity index (χ1v) is 8.19. The molecule has 0 saturated carbocycles. The molecule has 8 nitrogen and oxygen atoms in total. The van der Waals surface area contributed by atoms with Gasteiger partial charge in [-0.3, -0.25) is 9.59 Å². The molecule has 2 N–H and O–H groups in total. The Morgan fingerprint density at radius 2 is 2.00 bits per heavy atom. The Bertz CT molecular complexity index is 770. The number of nitrogens with zero attached hydrogens (tertiary/aromatic N) is 1. The molecular formula is C18H23N3O5. The number of carbonyl (C=O) groups excluding carboxylic acids is 2. The first-order chi connectivity index (χ1) is 12.4. The lowest BCUT2D eigenvalue weighted by atomic mass is 10.2. The second-order valence-electron chi connectivity index (χ2n) is 5.99. The zero-order chi connectivity index (χ0) is 19.1. The van der Waals surface area contributed by atoms with Crippen molar-refractivity contribution < 1.29 is 23.6 Å². The van der Waals surface area contributed by atoms with Gasteiger partial charge < -0.3 is 24.6 Å². The summed E-state index contributed by atoms with van der Waals surface area (Å²) in [7, 11) is 1.47. The molecule has 1 aromatic carbocycles. The molecule has 2 amide bonds. The average Bonchev–Trinajstić information content (AvgIpc) is 3.02. The van der Waals surface area contributed by atoms with Crippen molar-refractivity contribution in [3.8, 4) is 11.5 Å². The monoisotopic (exact) mass is 361 g/mol. The zero-order valence-corrected chi connectivity index (χ0v) is 15.3. The van der Waals surface area contributed by atoms with Gasteiger partial charge >= 0.3 is 0 Å². The Morgan fingerprint density at radius 3 is 2.62 bits per heavy atom. The van der Waals surface area contributed by atoms with Crippen molar-refractivity contribution in [3.63, 3.8) is 0 Å². The van der Waals surface area contributed by atoms with E-state index >= 15 is 0 Å². The number of methoxy groups -OCH3 is 1. The van der Waals surface area contributed by atoms with Crippen LogP contribution in [0.2, 0.25) is 0 Å². The lowest BCUT2D eigenvalue weighted by molar-refractivity contribution is -0.123. The molecule has 140 valence electrons. The molecule has 0 spiro atoms. The van der Waals surface area contributed by atoms with Gasteiger partial charge in [0.05, 0.1) is 13.7 Å². The van der Waals surface area contributed by atoms with Crippen molar-refractivity contribution in [2.75, 3.05) is 13.7 Å². The molecule has 1 aromatic heterocycles. The molecule has 26 heavy (non-hydrogen) atoms. The van der Waals surface area contributed by atoms with E-state index in [1.807, 2.05) is 13.8 Å². The Hall–Kier alpha value is -3.03. The van der Waals surface area contributed by atoms with E-state index < -0.39 is 0 Å². The number of aromatic nitrogens is 1. The largest absolute Gasteiger partial charge is 0.493 e. The molecule has 0 radical (unpaired) electrons. The van der Waals surface area contributed by atoms with Gasteiger partial charge in [0.1, 0.15) is 11.5 Å². The van der Waals surface area contributed by atoms with Gasteiger partial charge in [0, 0.05) is 17.7 Å². The average molecular weight is 361 g/mol. The van der Waals surface area contributed by atoms with Crippen LogP contribution < -0.4 is 20.1 Å². The van der Waals surface area contributed by atoms with Crippen LogP contribution in [0.15, 0.2) is 28.8 Å². The molecule has 0 aliphatic rings. The minimum absolute atomic E-state index is 0.0348. The smallest absolute Gasteiger partial charge is 0.258 e. The normalized spacial score (nSPS) is 10.5. The van der Waals surface area contributed by atoms with Crippen molar-refractivity contribution in [2.45, 2.75) is 33.4 Å². The summed E-state index contributed by atoms with van der Waals surface area (Å²) >= 11 is 0. The molecule has 8 heteroatoms. The van der Waals surface area contributed by atoms with E-state index in [9.17, 15) is 9.59 Å². The number of amides is 2. The Labute approximate surface area is 151 Å². The van der Waals surface area contributed by atoms with Crippen LogP contribution in [0.3, 0.4) is 0 Å². The predicted octanol–water partition coefficient (Wildman–Crippen LogP) is 1.83. The highest BCUT2D eigenvalue weighted by atomic mass is 16.5. The summed E-state index contributed by atoms with van der Waals surface area (Å²) < 4.78 is 15.7. The third kappa shape index (κ3) is 5.51. The summed E-state index contributed by atoms with van der Waals surface area (Å²) in [5.74, 6) is 0.918. The van der Waals surface area contributed by atoms with Gasteiger partial charge in [0.15, 0.2) is 18.1 Å². The first-order valence-electron chi connectivity index (χ1n) is 8.19. The first kappa shape index (κ1) is 19.3. The summed E-state index contributed by atoms with van der Waals surface area (Å²) in [5, 5.41) is 9.30. The standard InChI is InChI=1S/C18H23N3O5/c1-11(2)20-17(22)10-25-15-6-5-13(8-16(15)24-4)18(23)19-9-14-7-12(3)26-21-14/h5-8,11H,9-10H2,1-4H3,(H,19,23)(H,20,22). The summed E-state index contributed by atoms with van der Waals surface area (Å²) in [4.78, 5) is 23.9. The highest BCUT2D eigenvalue weighted by molar-refractivity contribution is 5.94. The zero-order valence-electron chi connectivity index (χ0n) is 15.3. The minimum Gasteiger partial charge on any atom is -0.493 e. The van der Waals surface area contributed by atoms with Crippen LogP contribution in [0, 0.1) is 6.92 Å². The third-order valence-corrected chi connectivity index (χ3v) is 3.34. The van der Waals surface area contributed by atoms with Gasteiger partial charge in [-0.1, -0.05) is 5.16 Å². The molecule has 0 fully saturated rings. The van der Waals surface area contributed by atoms with E-state index in [-0.39, 0.29) is 31.0 Å². The Kier molecular flexibility index (Phi) is 6.60. The van der Waals surface area contributed by atoms with Gasteiger partial charge in [0.25, 0.3) is 11.8 Å². The van der Waals surface area contributed by atoms with Crippen LogP contribution in [0.4, 0.5) is 0 Å². The lowest BCUT2D eigenvalue weighted by Gasteiger charge is -2.13. The van der Waals surface area contributed by atoms with E-state index in [0.29, 0.717) is 28.5 Å². The number of aryl methyl sites for hydroxylation is 1. The van der Waals surface area contributed by atoms with Crippen molar-refractivity contribution >= 4 is 11.8 Å². The number of nitrogens with one attached hydrogen (secondary N) is 2. The van der Waals surface area contributed by atoms with Crippen LogP contribution >= 0.6 is 0 Å². The SMILES string of the molecule is COc1cc(C(=O)NCc2cc(C)on2)ccc1OCC(=O)NC(C)C. The summed E-state index contributed by atoms with van der Waals surface area (Å²) in [6, 6.07) is 6.53. The van der Waals surface area contributed by atoms with Crippen LogP contribution in [0.1, 0.15) is 35.7 Å². The summed E-state index contributed by atoms with van der Waals surface area (Å²) in [5.41, 5.74) is 1.04. The molecule has 0 bridgehead atoms. The number of rotatable bonds is 8. The fraction of sp³-hybridized carbons (Fsp3) is 0.389.